The number of hydrogen-bond acceptors (Lipinski definition) is 3. The summed E-state index contributed by atoms with van der Waals surface area (Å²) in [5.41, 5.74) is 2.11. The van der Waals surface area contributed by atoms with Crippen LogP contribution >= 0.6 is 12.4 Å². The largest absolute Gasteiger partial charge is 0.346 e. The minimum atomic E-state index is -0.0833. The van der Waals surface area contributed by atoms with Gasteiger partial charge in [0.15, 0.2) is 0 Å². The second-order valence-corrected chi connectivity index (χ2v) is 6.51. The van der Waals surface area contributed by atoms with E-state index in [1.807, 2.05) is 25.1 Å². The van der Waals surface area contributed by atoms with Crippen molar-refractivity contribution in [3.8, 4) is 0 Å². The van der Waals surface area contributed by atoms with E-state index in [4.69, 9.17) is 4.98 Å². The number of piperidine rings is 1. The van der Waals surface area contributed by atoms with Crippen LogP contribution in [0.15, 0.2) is 24.3 Å². The second-order valence-electron chi connectivity index (χ2n) is 6.51. The van der Waals surface area contributed by atoms with Crippen LogP contribution in [0.4, 0.5) is 0 Å². The van der Waals surface area contributed by atoms with Gasteiger partial charge in [-0.1, -0.05) is 12.1 Å². The SMILES string of the molecule is CCn1c(C(C)NC(=O)[C@H]2CCN[C@@H](C)C2)nc2ccccc21.Cl. The molecule has 1 aliphatic rings. The number of nitrogens with one attached hydrogen (secondary N) is 2. The molecule has 0 bridgehead atoms. The molecule has 1 aromatic carbocycles. The smallest absolute Gasteiger partial charge is 0.223 e. The van der Waals surface area contributed by atoms with Crippen molar-refractivity contribution < 1.29 is 4.79 Å². The molecular weight excluding hydrogens is 324 g/mol. The van der Waals surface area contributed by atoms with E-state index >= 15 is 0 Å². The van der Waals surface area contributed by atoms with Crippen molar-refractivity contribution >= 4 is 29.3 Å². The molecule has 1 aromatic heterocycles. The van der Waals surface area contributed by atoms with Gasteiger partial charge in [0.2, 0.25) is 5.91 Å². The van der Waals surface area contributed by atoms with Crippen molar-refractivity contribution in [2.24, 2.45) is 5.92 Å². The Labute approximate surface area is 149 Å². The first-order valence-electron chi connectivity index (χ1n) is 8.59. The Morgan fingerprint density at radius 2 is 2.21 bits per heavy atom. The first-order valence-corrected chi connectivity index (χ1v) is 8.59. The van der Waals surface area contributed by atoms with Gasteiger partial charge in [0, 0.05) is 18.5 Å². The van der Waals surface area contributed by atoms with Gasteiger partial charge in [-0.15, -0.1) is 12.4 Å². The van der Waals surface area contributed by atoms with E-state index in [2.05, 4.69) is 35.1 Å². The number of rotatable bonds is 4. The molecular formula is C18H27ClN4O. The van der Waals surface area contributed by atoms with Crippen LogP contribution in [0.3, 0.4) is 0 Å². The fraction of sp³-hybridized carbons (Fsp3) is 0.556. The summed E-state index contributed by atoms with van der Waals surface area (Å²) in [6, 6.07) is 8.46. The number of amides is 1. The van der Waals surface area contributed by atoms with Gasteiger partial charge in [0.25, 0.3) is 0 Å². The van der Waals surface area contributed by atoms with E-state index in [9.17, 15) is 4.79 Å². The van der Waals surface area contributed by atoms with Crippen LogP contribution in [-0.2, 0) is 11.3 Å². The topological polar surface area (TPSA) is 59.0 Å². The molecule has 0 saturated carbocycles. The van der Waals surface area contributed by atoms with Crippen LogP contribution in [0, 0.1) is 5.92 Å². The number of halogens is 1. The van der Waals surface area contributed by atoms with Crippen molar-refractivity contribution in [3.63, 3.8) is 0 Å². The first kappa shape index (κ1) is 18.7. The van der Waals surface area contributed by atoms with E-state index in [0.717, 1.165) is 42.8 Å². The highest BCUT2D eigenvalue weighted by Gasteiger charge is 2.27. The molecule has 132 valence electrons. The molecule has 6 heteroatoms. The quantitative estimate of drug-likeness (QED) is 0.891. The molecule has 1 fully saturated rings. The van der Waals surface area contributed by atoms with E-state index < -0.39 is 0 Å². The predicted molar refractivity (Wildman–Crippen MR) is 99.4 cm³/mol. The Balaban J connectivity index is 0.00000208. The van der Waals surface area contributed by atoms with Gasteiger partial charge in [-0.05, 0) is 52.3 Å². The zero-order valence-electron chi connectivity index (χ0n) is 14.6. The van der Waals surface area contributed by atoms with Crippen molar-refractivity contribution in [2.45, 2.75) is 52.2 Å². The van der Waals surface area contributed by atoms with Gasteiger partial charge in [0.1, 0.15) is 5.82 Å². The number of benzene rings is 1. The third-order valence-electron chi connectivity index (χ3n) is 4.74. The third-order valence-corrected chi connectivity index (χ3v) is 4.74. The molecule has 2 aromatic rings. The Hall–Kier alpha value is -1.59. The van der Waals surface area contributed by atoms with Gasteiger partial charge >= 0.3 is 0 Å². The molecule has 3 rings (SSSR count). The van der Waals surface area contributed by atoms with Crippen LogP contribution < -0.4 is 10.6 Å². The Bertz CT molecular complexity index is 699. The average Bonchev–Trinajstić information content (AvgIpc) is 2.93. The highest BCUT2D eigenvalue weighted by molar-refractivity contribution is 5.85. The highest BCUT2D eigenvalue weighted by Crippen LogP contribution is 2.22. The van der Waals surface area contributed by atoms with E-state index in [0.29, 0.717) is 6.04 Å². The van der Waals surface area contributed by atoms with Crippen molar-refractivity contribution in [1.29, 1.82) is 0 Å². The summed E-state index contributed by atoms with van der Waals surface area (Å²) in [6.07, 6.45) is 1.82. The number of nitrogens with zero attached hydrogens (tertiary/aromatic N) is 2. The molecule has 0 spiro atoms. The maximum atomic E-state index is 12.6. The normalized spacial score (nSPS) is 22.0. The molecule has 2 heterocycles. The zero-order chi connectivity index (χ0) is 16.4. The maximum Gasteiger partial charge on any atom is 0.223 e. The lowest BCUT2D eigenvalue weighted by Gasteiger charge is -2.28. The van der Waals surface area contributed by atoms with Crippen LogP contribution in [0.2, 0.25) is 0 Å². The molecule has 24 heavy (non-hydrogen) atoms. The summed E-state index contributed by atoms with van der Waals surface area (Å²) in [6.45, 7) is 8.04. The van der Waals surface area contributed by atoms with Gasteiger partial charge in [-0.2, -0.15) is 0 Å². The van der Waals surface area contributed by atoms with Gasteiger partial charge < -0.3 is 15.2 Å². The number of carbonyl (C=O) groups is 1. The van der Waals surface area contributed by atoms with Crippen LogP contribution in [0.1, 0.15) is 45.5 Å². The predicted octanol–water partition coefficient (Wildman–Crippen LogP) is 3.04. The van der Waals surface area contributed by atoms with Gasteiger partial charge in [-0.3, -0.25) is 4.79 Å². The lowest BCUT2D eigenvalue weighted by atomic mass is 9.92. The number of para-hydroxylation sites is 2. The summed E-state index contributed by atoms with van der Waals surface area (Å²) in [4.78, 5) is 17.3. The molecule has 1 unspecified atom stereocenters. The maximum absolute atomic E-state index is 12.6. The number of aryl methyl sites for hydroxylation is 1. The molecule has 1 aliphatic heterocycles. The minimum absolute atomic E-state index is 0. The van der Waals surface area contributed by atoms with E-state index in [1.54, 1.807) is 0 Å². The lowest BCUT2D eigenvalue weighted by Crippen LogP contribution is -2.43. The van der Waals surface area contributed by atoms with Crippen molar-refractivity contribution in [2.75, 3.05) is 6.54 Å². The molecule has 0 aliphatic carbocycles. The van der Waals surface area contributed by atoms with Gasteiger partial charge in [-0.25, -0.2) is 4.98 Å². The molecule has 5 nitrogen and oxygen atoms in total. The standard InChI is InChI=1S/C18H26N4O.ClH/c1-4-22-16-8-6-5-7-15(16)21-17(22)13(3)20-18(23)14-9-10-19-12(2)11-14;/h5-8,12-14,19H,4,9-11H2,1-3H3,(H,20,23);1H/t12-,13?,14-;/m0./s1. The number of imidazole rings is 1. The fourth-order valence-electron chi connectivity index (χ4n) is 3.52. The molecule has 1 saturated heterocycles. The van der Waals surface area contributed by atoms with Crippen molar-refractivity contribution in [1.82, 2.24) is 20.2 Å². The number of hydrogen-bond donors (Lipinski definition) is 2. The molecule has 1 amide bonds. The molecule has 2 N–H and O–H groups in total. The minimum Gasteiger partial charge on any atom is -0.346 e. The van der Waals surface area contributed by atoms with E-state index in [-0.39, 0.29) is 30.3 Å². The Morgan fingerprint density at radius 3 is 2.92 bits per heavy atom. The summed E-state index contributed by atoms with van der Waals surface area (Å²) < 4.78 is 2.19. The number of carbonyl (C=O) groups excluding carboxylic acids is 1. The molecule has 3 atom stereocenters. The highest BCUT2D eigenvalue weighted by atomic mass is 35.5. The lowest BCUT2D eigenvalue weighted by molar-refractivity contribution is -0.126. The van der Waals surface area contributed by atoms with Crippen LogP contribution in [0.5, 0.6) is 0 Å². The number of aromatic nitrogens is 2. The van der Waals surface area contributed by atoms with E-state index in [1.165, 1.54) is 0 Å². The summed E-state index contributed by atoms with van der Waals surface area (Å²) >= 11 is 0. The van der Waals surface area contributed by atoms with Gasteiger partial charge in [0.05, 0.1) is 17.1 Å². The average molecular weight is 351 g/mol. The summed E-state index contributed by atoms with van der Waals surface area (Å²) in [7, 11) is 0. The monoisotopic (exact) mass is 350 g/mol. The van der Waals surface area contributed by atoms with Crippen molar-refractivity contribution in [3.05, 3.63) is 30.1 Å². The zero-order valence-corrected chi connectivity index (χ0v) is 15.4. The van der Waals surface area contributed by atoms with Crippen LogP contribution in [0.25, 0.3) is 11.0 Å². The second kappa shape index (κ2) is 7.99. The Kier molecular flexibility index (Phi) is 6.24. The third kappa shape index (κ3) is 3.73. The molecule has 0 radical (unpaired) electrons. The van der Waals surface area contributed by atoms with Crippen LogP contribution in [-0.4, -0.2) is 28.0 Å². The summed E-state index contributed by atoms with van der Waals surface area (Å²) in [5.74, 6) is 1.19. The fourth-order valence-corrected chi connectivity index (χ4v) is 3.52. The summed E-state index contributed by atoms with van der Waals surface area (Å²) in [5, 5.41) is 6.56. The number of fused-ring (bicyclic) bond motifs is 1. The first-order chi connectivity index (χ1) is 11.1. The Morgan fingerprint density at radius 1 is 1.46 bits per heavy atom.